The lowest BCUT2D eigenvalue weighted by Crippen LogP contribution is -2.31. The molecule has 2 aromatic rings. The van der Waals surface area contributed by atoms with E-state index in [-0.39, 0.29) is 35.9 Å². The Kier molecular flexibility index (Phi) is 6.29. The first kappa shape index (κ1) is 20.5. The average Bonchev–Trinajstić information content (AvgIpc) is 2.98. The van der Waals surface area contributed by atoms with Gasteiger partial charge in [0.05, 0.1) is 24.3 Å². The Bertz CT molecular complexity index is 941. The molecule has 1 aliphatic heterocycles. The number of hydrogen-bond donors (Lipinski definition) is 1. The molecule has 0 aliphatic carbocycles. The first-order valence-electron chi connectivity index (χ1n) is 9.41. The lowest BCUT2D eigenvalue weighted by atomic mass is 10.0. The molecule has 0 aromatic heterocycles. The number of amides is 3. The Morgan fingerprint density at radius 2 is 1.79 bits per heavy atom. The SMILES string of the molecule is COCCCN1C(=O)c2ccc(C(=O)NC(C)c3ccccc3OC)cc2C1=O. The van der Waals surface area contributed by atoms with Gasteiger partial charge in [-0.3, -0.25) is 19.3 Å². The van der Waals surface area contributed by atoms with Gasteiger partial charge in [0.1, 0.15) is 5.75 Å². The first-order chi connectivity index (χ1) is 14.0. The third-order valence-electron chi connectivity index (χ3n) is 4.92. The minimum Gasteiger partial charge on any atom is -0.496 e. The molecule has 2 aromatic carbocycles. The summed E-state index contributed by atoms with van der Waals surface area (Å²) in [6.45, 7) is 2.60. The van der Waals surface area contributed by atoms with Gasteiger partial charge >= 0.3 is 0 Å². The van der Waals surface area contributed by atoms with Gasteiger partial charge in [0.15, 0.2) is 0 Å². The first-order valence-corrected chi connectivity index (χ1v) is 9.41. The number of imide groups is 1. The Hall–Kier alpha value is -3.19. The van der Waals surface area contributed by atoms with Crippen LogP contribution in [0.3, 0.4) is 0 Å². The number of nitrogens with one attached hydrogen (secondary N) is 1. The fourth-order valence-electron chi connectivity index (χ4n) is 3.38. The molecular weight excluding hydrogens is 372 g/mol. The zero-order chi connectivity index (χ0) is 21.0. The second-order valence-corrected chi connectivity index (χ2v) is 6.81. The van der Waals surface area contributed by atoms with Crippen molar-refractivity contribution in [3.8, 4) is 5.75 Å². The van der Waals surface area contributed by atoms with Gasteiger partial charge in [0.25, 0.3) is 17.7 Å². The van der Waals surface area contributed by atoms with E-state index in [0.29, 0.717) is 29.9 Å². The smallest absolute Gasteiger partial charge is 0.261 e. The van der Waals surface area contributed by atoms with Gasteiger partial charge in [-0.2, -0.15) is 0 Å². The number of fused-ring (bicyclic) bond motifs is 1. The molecule has 1 heterocycles. The molecule has 0 bridgehead atoms. The van der Waals surface area contributed by atoms with Crippen LogP contribution >= 0.6 is 0 Å². The fourth-order valence-corrected chi connectivity index (χ4v) is 3.38. The summed E-state index contributed by atoms with van der Waals surface area (Å²) in [5, 5.41) is 2.91. The van der Waals surface area contributed by atoms with Crippen LogP contribution < -0.4 is 10.1 Å². The minimum absolute atomic E-state index is 0.255. The molecular formula is C22H24N2O5. The largest absolute Gasteiger partial charge is 0.496 e. The van der Waals surface area contributed by atoms with E-state index < -0.39 is 0 Å². The lowest BCUT2D eigenvalue weighted by Gasteiger charge is -2.17. The van der Waals surface area contributed by atoms with Crippen molar-refractivity contribution in [2.75, 3.05) is 27.4 Å². The highest BCUT2D eigenvalue weighted by Crippen LogP contribution is 2.26. The number of carbonyl (C=O) groups is 3. The van der Waals surface area contributed by atoms with Gasteiger partial charge in [-0.15, -0.1) is 0 Å². The topological polar surface area (TPSA) is 84.9 Å². The molecule has 0 spiro atoms. The molecule has 7 heteroatoms. The molecule has 3 rings (SSSR count). The highest BCUT2D eigenvalue weighted by molar-refractivity contribution is 6.22. The second kappa shape index (κ2) is 8.87. The van der Waals surface area contributed by atoms with Crippen LogP contribution in [0.1, 0.15) is 56.0 Å². The van der Waals surface area contributed by atoms with E-state index >= 15 is 0 Å². The van der Waals surface area contributed by atoms with Gasteiger partial charge in [-0.1, -0.05) is 18.2 Å². The predicted molar refractivity (Wildman–Crippen MR) is 107 cm³/mol. The molecule has 0 fully saturated rings. The van der Waals surface area contributed by atoms with E-state index in [1.807, 2.05) is 31.2 Å². The third-order valence-corrected chi connectivity index (χ3v) is 4.92. The molecule has 29 heavy (non-hydrogen) atoms. The van der Waals surface area contributed by atoms with E-state index in [1.54, 1.807) is 20.3 Å². The second-order valence-electron chi connectivity index (χ2n) is 6.81. The Morgan fingerprint density at radius 3 is 2.52 bits per heavy atom. The molecule has 1 aliphatic rings. The molecule has 1 atom stereocenters. The monoisotopic (exact) mass is 396 g/mol. The van der Waals surface area contributed by atoms with E-state index in [9.17, 15) is 14.4 Å². The Morgan fingerprint density at radius 1 is 1.07 bits per heavy atom. The van der Waals surface area contributed by atoms with Crippen molar-refractivity contribution in [1.29, 1.82) is 0 Å². The van der Waals surface area contributed by atoms with E-state index in [4.69, 9.17) is 9.47 Å². The standard InChI is InChI=1S/C22H24N2O5/c1-14(16-7-4-5-8-19(16)29-3)23-20(25)15-9-10-17-18(13-15)22(27)24(21(17)26)11-6-12-28-2/h4-5,7-10,13-14H,6,11-12H2,1-3H3,(H,23,25). The maximum absolute atomic E-state index is 12.7. The number of ether oxygens (including phenoxy) is 2. The number of methoxy groups -OCH3 is 2. The highest BCUT2D eigenvalue weighted by atomic mass is 16.5. The van der Waals surface area contributed by atoms with Crippen LogP contribution in [0, 0.1) is 0 Å². The van der Waals surface area contributed by atoms with Gasteiger partial charge in [-0.25, -0.2) is 0 Å². The molecule has 1 N–H and O–H groups in total. The minimum atomic E-state index is -0.381. The zero-order valence-electron chi connectivity index (χ0n) is 16.7. The fraction of sp³-hybridized carbons (Fsp3) is 0.318. The Balaban J connectivity index is 1.76. The summed E-state index contributed by atoms with van der Waals surface area (Å²) >= 11 is 0. The van der Waals surface area contributed by atoms with E-state index in [0.717, 1.165) is 5.56 Å². The number of benzene rings is 2. The van der Waals surface area contributed by atoms with E-state index in [1.165, 1.54) is 17.0 Å². The Labute approximate surface area is 169 Å². The van der Waals surface area contributed by atoms with Crippen molar-refractivity contribution < 1.29 is 23.9 Å². The van der Waals surface area contributed by atoms with Gasteiger partial charge in [-0.05, 0) is 37.6 Å². The van der Waals surface area contributed by atoms with Gasteiger partial charge in [0.2, 0.25) is 0 Å². The summed E-state index contributed by atoms with van der Waals surface area (Å²) in [5.41, 5.74) is 1.75. The van der Waals surface area contributed by atoms with Crippen molar-refractivity contribution >= 4 is 17.7 Å². The average molecular weight is 396 g/mol. The zero-order valence-corrected chi connectivity index (χ0v) is 16.7. The summed E-state index contributed by atoms with van der Waals surface area (Å²) in [6, 6.07) is 11.7. The third kappa shape index (κ3) is 4.14. The number of rotatable bonds is 8. The number of hydrogen-bond acceptors (Lipinski definition) is 5. The number of nitrogens with zero attached hydrogens (tertiary/aromatic N) is 1. The predicted octanol–water partition coefficient (Wildman–Crippen LogP) is 2.82. The van der Waals surface area contributed by atoms with Crippen LogP contribution in [-0.4, -0.2) is 50.0 Å². The van der Waals surface area contributed by atoms with Crippen LogP contribution in [0.2, 0.25) is 0 Å². The normalized spacial score (nSPS) is 14.0. The van der Waals surface area contributed by atoms with Crippen LogP contribution in [-0.2, 0) is 4.74 Å². The summed E-state index contributed by atoms with van der Waals surface area (Å²) < 4.78 is 10.3. The quantitative estimate of drug-likeness (QED) is 0.548. The van der Waals surface area contributed by atoms with Gasteiger partial charge < -0.3 is 14.8 Å². The maximum atomic E-state index is 12.7. The van der Waals surface area contributed by atoms with Crippen LogP contribution in [0.5, 0.6) is 5.75 Å². The van der Waals surface area contributed by atoms with Crippen LogP contribution in [0.4, 0.5) is 0 Å². The van der Waals surface area contributed by atoms with E-state index in [2.05, 4.69) is 5.32 Å². The summed E-state index contributed by atoms with van der Waals surface area (Å²) in [5.74, 6) is -0.366. The highest BCUT2D eigenvalue weighted by Gasteiger charge is 2.35. The molecule has 0 saturated carbocycles. The maximum Gasteiger partial charge on any atom is 0.261 e. The molecule has 7 nitrogen and oxygen atoms in total. The molecule has 0 saturated heterocycles. The van der Waals surface area contributed by atoms with Gasteiger partial charge in [0, 0.05) is 31.4 Å². The van der Waals surface area contributed by atoms with Crippen LogP contribution in [0.25, 0.3) is 0 Å². The molecule has 0 radical (unpaired) electrons. The summed E-state index contributed by atoms with van der Waals surface area (Å²) in [7, 11) is 3.15. The molecule has 1 unspecified atom stereocenters. The molecule has 152 valence electrons. The van der Waals surface area contributed by atoms with Crippen molar-refractivity contribution in [3.05, 3.63) is 64.7 Å². The van der Waals surface area contributed by atoms with Crippen molar-refractivity contribution in [3.63, 3.8) is 0 Å². The lowest BCUT2D eigenvalue weighted by molar-refractivity contribution is 0.0638. The van der Waals surface area contributed by atoms with Crippen LogP contribution in [0.15, 0.2) is 42.5 Å². The van der Waals surface area contributed by atoms with Crippen molar-refractivity contribution in [2.24, 2.45) is 0 Å². The molecule has 3 amide bonds. The summed E-state index contributed by atoms with van der Waals surface area (Å²) in [6.07, 6.45) is 0.561. The summed E-state index contributed by atoms with van der Waals surface area (Å²) in [4.78, 5) is 39.0. The van der Waals surface area contributed by atoms with Crippen molar-refractivity contribution in [2.45, 2.75) is 19.4 Å². The number of para-hydroxylation sites is 1. The van der Waals surface area contributed by atoms with Crippen molar-refractivity contribution in [1.82, 2.24) is 10.2 Å². The number of carbonyl (C=O) groups excluding carboxylic acids is 3.